The fourth-order valence-electron chi connectivity index (χ4n) is 4.11. The van der Waals surface area contributed by atoms with Gasteiger partial charge >= 0.3 is 0 Å². The molecule has 188 valence electrons. The van der Waals surface area contributed by atoms with Gasteiger partial charge in [-0.2, -0.15) is 5.48 Å². The highest BCUT2D eigenvalue weighted by atomic mass is 32.2. The molecule has 0 saturated heterocycles. The summed E-state index contributed by atoms with van der Waals surface area (Å²) >= 11 is 0. The molecule has 1 unspecified atom stereocenters. The molecule has 0 spiro atoms. The molecule has 4 N–H and O–H groups in total. The first-order valence-corrected chi connectivity index (χ1v) is 12.6. The number of nitrogens with two attached hydrogens (primary N) is 1. The number of amides is 1. The molecule has 0 aliphatic rings. The van der Waals surface area contributed by atoms with Gasteiger partial charge in [0, 0.05) is 51.2 Å². The number of benzene rings is 2. The Labute approximate surface area is 210 Å². The first-order valence-electron chi connectivity index (χ1n) is 11.4. The van der Waals surface area contributed by atoms with Crippen LogP contribution in [0.4, 0.5) is 10.1 Å². The highest BCUT2D eigenvalue weighted by Crippen LogP contribution is 2.35. The smallest absolute Gasteiger partial charge is 0.280 e. The summed E-state index contributed by atoms with van der Waals surface area (Å²) in [5.41, 5.74) is 4.48. The third-order valence-corrected chi connectivity index (χ3v) is 7.04. The summed E-state index contributed by atoms with van der Waals surface area (Å²) in [6.07, 6.45) is 1.51. The highest BCUT2D eigenvalue weighted by Gasteiger charge is 2.27. The molecule has 0 saturated carbocycles. The van der Waals surface area contributed by atoms with Gasteiger partial charge in [0.05, 0.1) is 13.7 Å². The quantitative estimate of drug-likeness (QED) is 0.250. The molecule has 2 heterocycles. The van der Waals surface area contributed by atoms with Crippen LogP contribution in [0.1, 0.15) is 35.5 Å². The molecule has 4 rings (SSSR count). The molecule has 2 aromatic carbocycles. The molecule has 1 atom stereocenters. The normalized spacial score (nSPS) is 12.3. The third kappa shape index (κ3) is 5.01. The van der Waals surface area contributed by atoms with E-state index in [9.17, 15) is 18.2 Å². The zero-order valence-corrected chi connectivity index (χ0v) is 21.2. The van der Waals surface area contributed by atoms with Crippen molar-refractivity contribution in [1.82, 2.24) is 14.3 Å². The molecule has 0 bridgehead atoms. The van der Waals surface area contributed by atoms with Gasteiger partial charge in [0.2, 0.25) is 0 Å². The number of hydrogen-bond acceptors (Lipinski definition) is 4. The Hall–Kier alpha value is -3.60. The van der Waals surface area contributed by atoms with Crippen molar-refractivity contribution in [1.29, 1.82) is 0 Å². The second kappa shape index (κ2) is 10.6. The average Bonchev–Trinajstić information content (AvgIpc) is 3.14. The predicted octanol–water partition coefficient (Wildman–Crippen LogP) is 3.05. The van der Waals surface area contributed by atoms with Crippen LogP contribution in [0.3, 0.4) is 0 Å². The number of nitrogens with one attached hydrogen (secondary N) is 2. The molecule has 2 aromatic heterocycles. The average molecular weight is 512 g/mol. The van der Waals surface area contributed by atoms with Gasteiger partial charge in [-0.15, -0.1) is 0 Å². The Bertz CT molecular complexity index is 1530. The molecule has 4 aromatic rings. The largest absolute Gasteiger partial charge is 0.331 e. The van der Waals surface area contributed by atoms with Crippen LogP contribution in [0, 0.1) is 12.7 Å². The van der Waals surface area contributed by atoms with Crippen LogP contribution in [0.25, 0.3) is 22.0 Å². The molecule has 10 heteroatoms. The van der Waals surface area contributed by atoms with E-state index < -0.39 is 22.7 Å². The summed E-state index contributed by atoms with van der Waals surface area (Å²) in [5.74, 6) is -1.07. The Morgan fingerprint density at radius 3 is 2.69 bits per heavy atom. The Morgan fingerprint density at radius 1 is 1.22 bits per heavy atom. The molecule has 0 fully saturated rings. The number of halogens is 1. The number of fused-ring (bicyclic) bond motifs is 1. The number of aromatic amines is 1. The van der Waals surface area contributed by atoms with Crippen LogP contribution in [0.2, 0.25) is 0 Å². The monoisotopic (exact) mass is 511 g/mol. The van der Waals surface area contributed by atoms with Crippen molar-refractivity contribution in [2.75, 3.05) is 7.11 Å². The maximum atomic E-state index is 14.9. The fraction of sp³-hybridized carbons (Fsp3) is 0.231. The lowest BCUT2D eigenvalue weighted by Crippen LogP contribution is -2.75. The lowest BCUT2D eigenvalue weighted by Gasteiger charge is -2.14. The van der Waals surface area contributed by atoms with Gasteiger partial charge < -0.3 is 9.55 Å². The summed E-state index contributed by atoms with van der Waals surface area (Å²) in [5, 5.41) is 0.337. The minimum Gasteiger partial charge on any atom is -0.331 e. The first kappa shape index (κ1) is 25.5. The van der Waals surface area contributed by atoms with Crippen LogP contribution < -0.4 is 15.8 Å². The Kier molecular flexibility index (Phi) is 7.48. The van der Waals surface area contributed by atoms with Crippen molar-refractivity contribution in [3.63, 3.8) is 0 Å². The van der Waals surface area contributed by atoms with Crippen LogP contribution in [-0.2, 0) is 22.4 Å². The topological polar surface area (TPSA) is 110 Å². The summed E-state index contributed by atoms with van der Waals surface area (Å²) in [7, 11) is -0.153. The van der Waals surface area contributed by atoms with Crippen molar-refractivity contribution >= 4 is 33.5 Å². The second-order valence-electron chi connectivity index (χ2n) is 8.73. The number of carbonyl (C=O) groups is 1. The SMILES string of the molecule is CO[NH2+]c1ccc(F)c(Cn2c(C(=O)NS(=O)C(C)C)c(-c3ccc[nH]c3=O)c3cc(C)ccc32)c1. The molecule has 0 radical (unpaired) electrons. The van der Waals surface area contributed by atoms with Gasteiger partial charge in [0.15, 0.2) is 5.69 Å². The van der Waals surface area contributed by atoms with E-state index in [1.54, 1.807) is 42.7 Å². The first-order chi connectivity index (χ1) is 17.2. The van der Waals surface area contributed by atoms with Gasteiger partial charge in [-0.1, -0.05) is 11.6 Å². The lowest BCUT2D eigenvalue weighted by molar-refractivity contribution is -0.830. The van der Waals surface area contributed by atoms with E-state index in [2.05, 4.69) is 9.71 Å². The number of nitrogens with zero attached hydrogens (tertiary/aromatic N) is 1. The van der Waals surface area contributed by atoms with Gasteiger partial charge in [-0.05, 0) is 51.1 Å². The van der Waals surface area contributed by atoms with Gasteiger partial charge in [0.1, 0.15) is 22.5 Å². The highest BCUT2D eigenvalue weighted by molar-refractivity contribution is 7.84. The van der Waals surface area contributed by atoms with E-state index in [0.717, 1.165) is 5.56 Å². The minimum absolute atomic E-state index is 0.00140. The summed E-state index contributed by atoms with van der Waals surface area (Å²) in [4.78, 5) is 34.2. The summed E-state index contributed by atoms with van der Waals surface area (Å²) in [6, 6.07) is 13.5. The fourth-order valence-corrected chi connectivity index (χ4v) is 4.63. The van der Waals surface area contributed by atoms with Gasteiger partial charge in [-0.3, -0.25) is 14.3 Å². The van der Waals surface area contributed by atoms with E-state index in [4.69, 9.17) is 4.84 Å². The molecule has 36 heavy (non-hydrogen) atoms. The van der Waals surface area contributed by atoms with E-state index in [0.29, 0.717) is 27.7 Å². The van der Waals surface area contributed by atoms with E-state index in [1.165, 1.54) is 24.9 Å². The van der Waals surface area contributed by atoms with E-state index >= 15 is 0 Å². The number of pyridine rings is 1. The van der Waals surface area contributed by atoms with Crippen molar-refractivity contribution in [3.05, 3.63) is 87.7 Å². The van der Waals surface area contributed by atoms with Crippen molar-refractivity contribution in [3.8, 4) is 11.1 Å². The van der Waals surface area contributed by atoms with Crippen molar-refractivity contribution in [2.24, 2.45) is 0 Å². The van der Waals surface area contributed by atoms with Crippen LogP contribution >= 0.6 is 0 Å². The van der Waals surface area contributed by atoms with E-state index in [-0.39, 0.29) is 28.6 Å². The Balaban J connectivity index is 2.02. The van der Waals surface area contributed by atoms with Gasteiger partial charge in [-0.25, -0.2) is 13.4 Å². The number of hydrogen-bond donors (Lipinski definition) is 3. The number of H-pyrrole nitrogens is 1. The zero-order chi connectivity index (χ0) is 26.0. The van der Waals surface area contributed by atoms with E-state index in [1.807, 2.05) is 25.1 Å². The third-order valence-electron chi connectivity index (χ3n) is 5.80. The van der Waals surface area contributed by atoms with Crippen LogP contribution in [-0.4, -0.2) is 32.0 Å². The number of aryl methyl sites for hydroxylation is 1. The summed E-state index contributed by atoms with van der Waals surface area (Å²) < 4.78 is 31.7. The second-order valence-corrected chi connectivity index (χ2v) is 10.5. The Morgan fingerprint density at radius 2 is 2.00 bits per heavy atom. The molecule has 0 aliphatic heterocycles. The van der Waals surface area contributed by atoms with Crippen molar-refractivity contribution in [2.45, 2.75) is 32.6 Å². The molecular formula is C26H28FN4O4S+. The number of rotatable bonds is 8. The maximum Gasteiger partial charge on any atom is 0.280 e. The molecule has 8 nitrogen and oxygen atoms in total. The van der Waals surface area contributed by atoms with Crippen LogP contribution in [0.5, 0.6) is 0 Å². The number of carbonyl (C=O) groups excluding carboxylic acids is 1. The predicted molar refractivity (Wildman–Crippen MR) is 138 cm³/mol. The van der Waals surface area contributed by atoms with Crippen molar-refractivity contribution < 1.29 is 23.7 Å². The number of aromatic nitrogens is 2. The van der Waals surface area contributed by atoms with Crippen LogP contribution in [0.15, 0.2) is 59.5 Å². The molecule has 1 amide bonds. The molecule has 0 aliphatic carbocycles. The number of quaternary nitrogens is 1. The van der Waals surface area contributed by atoms with Gasteiger partial charge in [0.25, 0.3) is 11.5 Å². The minimum atomic E-state index is -1.66. The molecular weight excluding hydrogens is 483 g/mol. The lowest BCUT2D eigenvalue weighted by atomic mass is 10.0. The summed E-state index contributed by atoms with van der Waals surface area (Å²) in [6.45, 7) is 5.36. The maximum absolute atomic E-state index is 14.9. The standard InChI is InChI=1S/C26H27FN4O4S/c1-15(2)36(34)30-26(33)24-23(19-6-5-11-28-25(19)32)20-12-16(3)7-10-22(20)31(24)14-17-13-18(29-35-4)8-9-21(17)27/h5-13,15,29H,14H2,1-4H3,(H,28,32)(H,30,33)/p+1. The zero-order valence-electron chi connectivity index (χ0n) is 20.4.